The van der Waals surface area contributed by atoms with Crippen LogP contribution in [0.25, 0.3) is 0 Å². The highest BCUT2D eigenvalue weighted by molar-refractivity contribution is 7.09. The number of ether oxygens (including phenoxy) is 1. The minimum Gasteiger partial charge on any atom is -0.480 e. The second-order valence-corrected chi connectivity index (χ2v) is 4.29. The molecule has 0 atom stereocenters. The van der Waals surface area contributed by atoms with Crippen molar-refractivity contribution >= 4 is 11.3 Å². The van der Waals surface area contributed by atoms with Gasteiger partial charge in [0.15, 0.2) is 17.4 Å². The Kier molecular flexibility index (Phi) is 3.65. The fraction of sp³-hybridized carbons (Fsp3) is 0.182. The van der Waals surface area contributed by atoms with E-state index in [1.807, 2.05) is 0 Å². The van der Waals surface area contributed by atoms with Crippen molar-refractivity contribution in [2.24, 2.45) is 5.73 Å². The van der Waals surface area contributed by atoms with Crippen molar-refractivity contribution < 1.29 is 13.5 Å². The Morgan fingerprint density at radius 1 is 1.29 bits per heavy atom. The first-order valence-corrected chi connectivity index (χ1v) is 5.78. The Labute approximate surface area is 101 Å². The van der Waals surface area contributed by atoms with Crippen LogP contribution in [0, 0.1) is 11.6 Å². The van der Waals surface area contributed by atoms with E-state index in [4.69, 9.17) is 10.5 Å². The number of benzene rings is 1. The van der Waals surface area contributed by atoms with Gasteiger partial charge in [0.2, 0.25) is 0 Å². The van der Waals surface area contributed by atoms with Gasteiger partial charge in [-0.25, -0.2) is 13.8 Å². The predicted octanol–water partition coefficient (Wildman–Crippen LogP) is 2.46. The minimum absolute atomic E-state index is 0.0491. The second-order valence-electron chi connectivity index (χ2n) is 3.31. The van der Waals surface area contributed by atoms with E-state index in [2.05, 4.69) is 4.98 Å². The maximum absolute atomic E-state index is 13.5. The first kappa shape index (κ1) is 11.9. The van der Waals surface area contributed by atoms with Crippen LogP contribution in [0.2, 0.25) is 0 Å². The van der Waals surface area contributed by atoms with Gasteiger partial charge in [0.05, 0.1) is 0 Å². The molecule has 90 valence electrons. The maximum Gasteiger partial charge on any atom is 0.191 e. The predicted molar refractivity (Wildman–Crippen MR) is 60.7 cm³/mol. The fourth-order valence-electron chi connectivity index (χ4n) is 1.33. The van der Waals surface area contributed by atoms with Crippen LogP contribution in [0.4, 0.5) is 8.78 Å². The summed E-state index contributed by atoms with van der Waals surface area (Å²) in [6, 6.07) is 2.33. The Balaban J connectivity index is 2.15. The van der Waals surface area contributed by atoms with Gasteiger partial charge in [-0.05, 0) is 17.7 Å². The summed E-state index contributed by atoms with van der Waals surface area (Å²) in [4.78, 5) is 3.95. The Hall–Kier alpha value is -1.53. The van der Waals surface area contributed by atoms with Gasteiger partial charge in [-0.3, -0.25) is 0 Å². The largest absolute Gasteiger partial charge is 0.480 e. The lowest BCUT2D eigenvalue weighted by Gasteiger charge is -2.08. The first-order chi connectivity index (χ1) is 8.20. The zero-order valence-corrected chi connectivity index (χ0v) is 9.64. The van der Waals surface area contributed by atoms with E-state index in [9.17, 15) is 8.78 Å². The van der Waals surface area contributed by atoms with Gasteiger partial charge in [0.25, 0.3) is 0 Å². The smallest absolute Gasteiger partial charge is 0.191 e. The van der Waals surface area contributed by atoms with Crippen molar-refractivity contribution in [3.05, 3.63) is 45.9 Å². The lowest BCUT2D eigenvalue weighted by atomic mass is 10.2. The molecule has 0 aliphatic carbocycles. The average Bonchev–Trinajstić information content (AvgIpc) is 2.80. The molecular weight excluding hydrogens is 246 g/mol. The number of hydrogen-bond acceptors (Lipinski definition) is 4. The Morgan fingerprint density at radius 2 is 2.00 bits per heavy atom. The number of nitrogens with two attached hydrogens (primary N) is 1. The molecule has 1 aromatic carbocycles. The summed E-state index contributed by atoms with van der Waals surface area (Å²) in [5, 5.41) is 2.43. The first-order valence-electron chi connectivity index (χ1n) is 4.90. The molecular formula is C11H10F2N2OS. The Morgan fingerprint density at radius 3 is 2.53 bits per heavy atom. The van der Waals surface area contributed by atoms with E-state index in [1.54, 1.807) is 11.6 Å². The monoisotopic (exact) mass is 256 g/mol. The van der Waals surface area contributed by atoms with Gasteiger partial charge >= 0.3 is 0 Å². The van der Waals surface area contributed by atoms with Gasteiger partial charge in [-0.15, -0.1) is 11.3 Å². The zero-order chi connectivity index (χ0) is 12.3. The number of halogens is 2. The number of aromatic nitrogens is 1. The lowest BCUT2D eigenvalue weighted by molar-refractivity contribution is 0.273. The molecule has 6 heteroatoms. The molecule has 0 aliphatic rings. The summed E-state index contributed by atoms with van der Waals surface area (Å²) in [7, 11) is 0. The van der Waals surface area contributed by atoms with Crippen molar-refractivity contribution in [3.63, 3.8) is 0 Å². The van der Waals surface area contributed by atoms with E-state index in [0.29, 0.717) is 10.6 Å². The SMILES string of the molecule is NCc1cc(F)c(OCc2nccs2)c(F)c1. The van der Waals surface area contributed by atoms with Crippen LogP contribution in [-0.4, -0.2) is 4.98 Å². The molecule has 2 aromatic rings. The second kappa shape index (κ2) is 5.20. The summed E-state index contributed by atoms with van der Waals surface area (Å²) in [5.74, 6) is -1.89. The van der Waals surface area contributed by atoms with E-state index >= 15 is 0 Å². The molecule has 0 spiro atoms. The molecule has 3 nitrogen and oxygen atoms in total. The fourth-order valence-corrected chi connectivity index (χ4v) is 1.85. The molecule has 0 fully saturated rings. The number of rotatable bonds is 4. The van der Waals surface area contributed by atoms with Crippen LogP contribution in [0.5, 0.6) is 5.75 Å². The van der Waals surface area contributed by atoms with Gasteiger partial charge < -0.3 is 10.5 Å². The molecule has 0 amide bonds. The highest BCUT2D eigenvalue weighted by Crippen LogP contribution is 2.24. The quantitative estimate of drug-likeness (QED) is 0.914. The standard InChI is InChI=1S/C11H10F2N2OS/c12-8-3-7(5-14)4-9(13)11(8)16-6-10-15-1-2-17-10/h1-4H,5-6,14H2. The van der Waals surface area contributed by atoms with Crippen LogP contribution in [0.1, 0.15) is 10.6 Å². The lowest BCUT2D eigenvalue weighted by Crippen LogP contribution is -2.03. The summed E-state index contributed by atoms with van der Waals surface area (Å²) in [5.41, 5.74) is 5.70. The third-order valence-corrected chi connectivity index (χ3v) is 2.87. The molecule has 0 radical (unpaired) electrons. The van der Waals surface area contributed by atoms with Gasteiger partial charge in [-0.2, -0.15) is 0 Å². The van der Waals surface area contributed by atoms with Crippen LogP contribution in [-0.2, 0) is 13.2 Å². The van der Waals surface area contributed by atoms with E-state index in [-0.39, 0.29) is 13.2 Å². The van der Waals surface area contributed by atoms with Crippen LogP contribution in [0.15, 0.2) is 23.7 Å². The van der Waals surface area contributed by atoms with Gasteiger partial charge in [-0.1, -0.05) is 0 Å². The summed E-state index contributed by atoms with van der Waals surface area (Å²) in [6.45, 7) is 0.133. The van der Waals surface area contributed by atoms with Crippen molar-refractivity contribution in [1.29, 1.82) is 0 Å². The summed E-state index contributed by atoms with van der Waals surface area (Å²) >= 11 is 1.36. The molecule has 0 saturated carbocycles. The third kappa shape index (κ3) is 2.78. The molecule has 0 unspecified atom stereocenters. The average molecular weight is 256 g/mol. The summed E-state index contributed by atoms with van der Waals surface area (Å²) < 4.78 is 32.0. The molecule has 1 heterocycles. The van der Waals surface area contributed by atoms with Crippen molar-refractivity contribution in [2.45, 2.75) is 13.2 Å². The number of hydrogen-bond donors (Lipinski definition) is 1. The van der Waals surface area contributed by atoms with E-state index < -0.39 is 17.4 Å². The highest BCUT2D eigenvalue weighted by Gasteiger charge is 2.12. The third-order valence-electron chi connectivity index (χ3n) is 2.12. The van der Waals surface area contributed by atoms with Crippen molar-refractivity contribution in [2.75, 3.05) is 0 Å². The molecule has 0 saturated heterocycles. The Bertz CT molecular complexity index is 479. The maximum atomic E-state index is 13.5. The van der Waals surface area contributed by atoms with E-state index in [0.717, 1.165) is 0 Å². The minimum atomic E-state index is -0.748. The molecule has 2 rings (SSSR count). The molecule has 2 N–H and O–H groups in total. The van der Waals surface area contributed by atoms with Crippen LogP contribution >= 0.6 is 11.3 Å². The normalized spacial score (nSPS) is 10.5. The zero-order valence-electron chi connectivity index (χ0n) is 8.82. The molecule has 17 heavy (non-hydrogen) atoms. The molecule has 0 aliphatic heterocycles. The molecule has 1 aromatic heterocycles. The van der Waals surface area contributed by atoms with E-state index in [1.165, 1.54) is 23.5 Å². The van der Waals surface area contributed by atoms with Crippen LogP contribution in [0.3, 0.4) is 0 Å². The van der Waals surface area contributed by atoms with Gasteiger partial charge in [0, 0.05) is 18.1 Å². The van der Waals surface area contributed by atoms with Crippen LogP contribution < -0.4 is 10.5 Å². The topological polar surface area (TPSA) is 48.1 Å². The molecule has 0 bridgehead atoms. The number of thiazole rings is 1. The van der Waals surface area contributed by atoms with Crippen molar-refractivity contribution in [3.8, 4) is 5.75 Å². The number of nitrogens with zero attached hydrogens (tertiary/aromatic N) is 1. The highest BCUT2D eigenvalue weighted by atomic mass is 32.1. The summed E-state index contributed by atoms with van der Waals surface area (Å²) in [6.07, 6.45) is 1.60. The van der Waals surface area contributed by atoms with Crippen molar-refractivity contribution in [1.82, 2.24) is 4.98 Å². The van der Waals surface area contributed by atoms with Gasteiger partial charge in [0.1, 0.15) is 11.6 Å².